The normalized spacial score (nSPS) is 11.2. The number of aromatic nitrogens is 4. The van der Waals surface area contributed by atoms with Crippen molar-refractivity contribution in [2.75, 3.05) is 21.3 Å². The zero-order valence-electron chi connectivity index (χ0n) is 19.3. The lowest BCUT2D eigenvalue weighted by Gasteiger charge is -2.14. The van der Waals surface area contributed by atoms with E-state index in [0.29, 0.717) is 28.7 Å². The minimum atomic E-state index is -4.65. The Kier molecular flexibility index (Phi) is 7.16. The Bertz CT molecular complexity index is 1460. The Labute approximate surface area is 212 Å². The van der Waals surface area contributed by atoms with Crippen LogP contribution in [0.15, 0.2) is 48.5 Å². The maximum Gasteiger partial charge on any atom is 0.417 e. The van der Waals surface area contributed by atoms with Gasteiger partial charge in [0.2, 0.25) is 11.9 Å². The summed E-state index contributed by atoms with van der Waals surface area (Å²) in [4.78, 5) is 21.0. The van der Waals surface area contributed by atoms with Crippen LogP contribution in [0.25, 0.3) is 0 Å². The SMILES string of the molecule is Cc1cc(Nc2cc(F)n[nH]2)nc(Nc2ccc(NC(=O)Nc3ccc(Cl)c(C(F)(F)F)c3)cc2C)n1. The third-order valence-electron chi connectivity index (χ3n) is 4.92. The molecule has 9 nitrogen and oxygen atoms in total. The van der Waals surface area contributed by atoms with Crippen LogP contribution in [0.4, 0.5) is 57.0 Å². The van der Waals surface area contributed by atoms with Gasteiger partial charge in [-0.1, -0.05) is 11.6 Å². The number of hydrogen-bond acceptors (Lipinski definition) is 6. The van der Waals surface area contributed by atoms with E-state index in [1.165, 1.54) is 12.1 Å². The number of hydrogen-bond donors (Lipinski definition) is 5. The van der Waals surface area contributed by atoms with Crippen molar-refractivity contribution < 1.29 is 22.4 Å². The van der Waals surface area contributed by atoms with E-state index in [-0.39, 0.29) is 11.6 Å². The van der Waals surface area contributed by atoms with Crippen molar-refractivity contribution in [1.29, 1.82) is 0 Å². The van der Waals surface area contributed by atoms with Crippen LogP contribution in [0, 0.1) is 19.8 Å². The van der Waals surface area contributed by atoms with E-state index in [1.54, 1.807) is 38.1 Å². The van der Waals surface area contributed by atoms with Crippen molar-refractivity contribution in [3.8, 4) is 0 Å². The van der Waals surface area contributed by atoms with E-state index < -0.39 is 28.7 Å². The lowest BCUT2D eigenvalue weighted by atomic mass is 10.1. The van der Waals surface area contributed by atoms with Gasteiger partial charge in [0, 0.05) is 34.9 Å². The number of amides is 2. The van der Waals surface area contributed by atoms with Crippen LogP contribution in [0.3, 0.4) is 0 Å². The molecule has 0 saturated carbocycles. The molecule has 0 aliphatic rings. The van der Waals surface area contributed by atoms with Gasteiger partial charge in [-0.2, -0.15) is 22.5 Å². The lowest BCUT2D eigenvalue weighted by molar-refractivity contribution is -0.137. The van der Waals surface area contributed by atoms with E-state index in [2.05, 4.69) is 41.4 Å². The number of carbonyl (C=O) groups excluding carboxylic acids is 1. The van der Waals surface area contributed by atoms with Gasteiger partial charge in [-0.05, 0) is 55.8 Å². The summed E-state index contributed by atoms with van der Waals surface area (Å²) in [5, 5.41) is 16.3. The number of benzene rings is 2. The van der Waals surface area contributed by atoms with Gasteiger partial charge in [0.05, 0.1) is 10.6 Å². The quantitative estimate of drug-likeness (QED) is 0.174. The van der Waals surface area contributed by atoms with Crippen LogP contribution in [-0.4, -0.2) is 26.2 Å². The van der Waals surface area contributed by atoms with Crippen molar-refractivity contribution in [1.82, 2.24) is 20.2 Å². The molecule has 0 aliphatic carbocycles. The largest absolute Gasteiger partial charge is 0.417 e. The highest BCUT2D eigenvalue weighted by Crippen LogP contribution is 2.36. The van der Waals surface area contributed by atoms with Gasteiger partial charge < -0.3 is 21.3 Å². The predicted octanol–water partition coefficient (Wildman–Crippen LogP) is 6.76. The molecule has 2 aromatic heterocycles. The molecular weight excluding hydrogens is 516 g/mol. The number of anilines is 6. The first-order chi connectivity index (χ1) is 17.5. The summed E-state index contributed by atoms with van der Waals surface area (Å²) in [6.45, 7) is 3.55. The molecule has 0 atom stereocenters. The first-order valence-electron chi connectivity index (χ1n) is 10.6. The minimum absolute atomic E-state index is 0.0666. The van der Waals surface area contributed by atoms with Crippen LogP contribution in [0.1, 0.15) is 16.8 Å². The van der Waals surface area contributed by atoms with Gasteiger partial charge in [0.15, 0.2) is 0 Å². The fourth-order valence-electron chi connectivity index (χ4n) is 3.30. The summed E-state index contributed by atoms with van der Waals surface area (Å²) in [5.74, 6) is 0.331. The molecule has 14 heteroatoms. The molecule has 0 aliphatic heterocycles. The molecule has 5 N–H and O–H groups in total. The molecule has 0 radical (unpaired) electrons. The van der Waals surface area contributed by atoms with Gasteiger partial charge in [-0.15, -0.1) is 5.10 Å². The third kappa shape index (κ3) is 6.64. The second-order valence-corrected chi connectivity index (χ2v) is 8.28. The third-order valence-corrected chi connectivity index (χ3v) is 5.25. The zero-order valence-corrected chi connectivity index (χ0v) is 20.0. The first-order valence-corrected chi connectivity index (χ1v) is 11.0. The first kappa shape index (κ1) is 25.7. The van der Waals surface area contributed by atoms with Crippen molar-refractivity contribution in [3.63, 3.8) is 0 Å². The summed E-state index contributed by atoms with van der Waals surface area (Å²) in [6.07, 6.45) is -4.65. The molecule has 0 saturated heterocycles. The van der Waals surface area contributed by atoms with Crippen LogP contribution in [-0.2, 0) is 6.18 Å². The molecule has 0 unspecified atom stereocenters. The number of halogens is 5. The highest BCUT2D eigenvalue weighted by molar-refractivity contribution is 6.31. The molecular formula is C23H19ClF4N8O. The number of nitrogens with zero attached hydrogens (tertiary/aromatic N) is 3. The average molecular weight is 535 g/mol. The van der Waals surface area contributed by atoms with Gasteiger partial charge in [-0.25, -0.2) is 9.78 Å². The zero-order chi connectivity index (χ0) is 26.7. The van der Waals surface area contributed by atoms with Crippen molar-refractivity contribution in [2.24, 2.45) is 0 Å². The topological polar surface area (TPSA) is 120 Å². The Morgan fingerprint density at radius 1 is 0.946 bits per heavy atom. The molecule has 2 heterocycles. The van der Waals surface area contributed by atoms with Gasteiger partial charge in [-0.3, -0.25) is 5.10 Å². The number of H-pyrrole nitrogens is 1. The Morgan fingerprint density at radius 3 is 2.30 bits per heavy atom. The van der Waals surface area contributed by atoms with Crippen LogP contribution in [0.5, 0.6) is 0 Å². The number of rotatable bonds is 6. The van der Waals surface area contributed by atoms with E-state index in [9.17, 15) is 22.4 Å². The average Bonchev–Trinajstić information content (AvgIpc) is 3.20. The fraction of sp³-hybridized carbons (Fsp3) is 0.130. The van der Waals surface area contributed by atoms with Gasteiger partial charge in [0.1, 0.15) is 11.6 Å². The number of aryl methyl sites for hydroxylation is 2. The molecule has 37 heavy (non-hydrogen) atoms. The van der Waals surface area contributed by atoms with E-state index in [4.69, 9.17) is 11.6 Å². The Balaban J connectivity index is 1.43. The minimum Gasteiger partial charge on any atom is -0.325 e. The standard InChI is InChI=1S/C23H19ClF4N8O/c1-11-7-13(30-22(37)31-14-3-5-16(24)15(9-14)23(26,27)28)4-6-17(11)32-21-29-12(2)8-19(34-21)33-20-10-18(25)35-36-20/h3-10H,1-2H3,(H2,30,31,37)(H3,29,32,33,34,35,36). The second kappa shape index (κ2) is 10.3. The molecule has 0 spiro atoms. The molecule has 2 aromatic carbocycles. The fourth-order valence-corrected chi connectivity index (χ4v) is 3.53. The summed E-state index contributed by atoms with van der Waals surface area (Å²) in [6, 6.07) is 10.1. The van der Waals surface area contributed by atoms with Crippen molar-refractivity contribution >= 4 is 52.3 Å². The van der Waals surface area contributed by atoms with Gasteiger partial charge in [0.25, 0.3) is 0 Å². The Hall–Kier alpha value is -4.39. The molecule has 0 fully saturated rings. The van der Waals surface area contributed by atoms with E-state index >= 15 is 0 Å². The molecule has 4 aromatic rings. The van der Waals surface area contributed by atoms with Crippen LogP contribution >= 0.6 is 11.6 Å². The van der Waals surface area contributed by atoms with Crippen molar-refractivity contribution in [3.05, 3.63) is 76.3 Å². The number of nitrogens with one attached hydrogen (secondary N) is 5. The van der Waals surface area contributed by atoms with E-state index in [1.807, 2.05) is 0 Å². The maximum absolute atomic E-state index is 13.1. The number of aromatic amines is 1. The summed E-state index contributed by atoms with van der Waals surface area (Å²) < 4.78 is 52.2. The summed E-state index contributed by atoms with van der Waals surface area (Å²) in [5.41, 5.74) is 1.29. The molecule has 4 rings (SSSR count). The second-order valence-electron chi connectivity index (χ2n) is 7.87. The smallest absolute Gasteiger partial charge is 0.325 e. The molecule has 0 bridgehead atoms. The predicted molar refractivity (Wildman–Crippen MR) is 132 cm³/mol. The van der Waals surface area contributed by atoms with Gasteiger partial charge >= 0.3 is 12.2 Å². The Morgan fingerprint density at radius 2 is 1.65 bits per heavy atom. The molecule has 192 valence electrons. The van der Waals surface area contributed by atoms with Crippen LogP contribution < -0.4 is 21.3 Å². The highest BCUT2D eigenvalue weighted by Gasteiger charge is 2.33. The van der Waals surface area contributed by atoms with Crippen LogP contribution in [0.2, 0.25) is 5.02 Å². The van der Waals surface area contributed by atoms with Crippen molar-refractivity contribution in [2.45, 2.75) is 20.0 Å². The number of alkyl halides is 3. The lowest BCUT2D eigenvalue weighted by Crippen LogP contribution is -2.20. The highest BCUT2D eigenvalue weighted by atomic mass is 35.5. The molecule has 2 amide bonds. The number of carbonyl (C=O) groups is 1. The summed E-state index contributed by atoms with van der Waals surface area (Å²) >= 11 is 5.61. The van der Waals surface area contributed by atoms with E-state index in [0.717, 1.165) is 17.7 Å². The monoisotopic (exact) mass is 534 g/mol. The summed E-state index contributed by atoms with van der Waals surface area (Å²) in [7, 11) is 0. The number of urea groups is 1. The maximum atomic E-state index is 13.1.